The fourth-order valence-electron chi connectivity index (χ4n) is 3.37. The van der Waals surface area contributed by atoms with Crippen LogP contribution in [-0.4, -0.2) is 15.3 Å². The monoisotopic (exact) mass is 386 g/mol. The first-order valence-electron chi connectivity index (χ1n) is 9.29. The molecule has 2 aromatic heterocycles. The van der Waals surface area contributed by atoms with Crippen molar-refractivity contribution in [3.63, 3.8) is 0 Å². The van der Waals surface area contributed by atoms with Gasteiger partial charge >= 0.3 is 0 Å². The summed E-state index contributed by atoms with van der Waals surface area (Å²) in [7, 11) is 0. The number of hydrogen-bond acceptors (Lipinski definition) is 3. The van der Waals surface area contributed by atoms with E-state index >= 15 is 0 Å². The third-order valence-corrected chi connectivity index (χ3v) is 5.16. The molecule has 0 amide bonds. The van der Waals surface area contributed by atoms with Gasteiger partial charge in [0.05, 0.1) is 23.3 Å². The number of carbonyl (C=O) groups is 1. The number of para-hydroxylation sites is 1. The van der Waals surface area contributed by atoms with Crippen molar-refractivity contribution >= 4 is 16.7 Å². The fourth-order valence-corrected chi connectivity index (χ4v) is 3.37. The Bertz CT molecular complexity index is 1310. The third-order valence-electron chi connectivity index (χ3n) is 5.16. The highest BCUT2D eigenvalue weighted by Gasteiger charge is 2.18. The van der Waals surface area contributed by atoms with Gasteiger partial charge < -0.3 is 4.57 Å². The van der Waals surface area contributed by atoms with Gasteiger partial charge in [-0.05, 0) is 55.3 Å². The lowest BCUT2D eigenvalue weighted by atomic mass is 9.99. The molecule has 0 bridgehead atoms. The van der Waals surface area contributed by atoms with Crippen molar-refractivity contribution in [2.75, 3.05) is 0 Å². The average Bonchev–Trinajstić information content (AvgIpc) is 2.73. The van der Waals surface area contributed by atoms with E-state index in [0.29, 0.717) is 16.5 Å². The topological polar surface area (TPSA) is 52.0 Å². The van der Waals surface area contributed by atoms with Gasteiger partial charge in [0, 0.05) is 23.3 Å². The molecule has 0 saturated heterocycles. The lowest BCUT2D eigenvalue weighted by molar-refractivity contribution is 0.103. The number of nitrogens with zero attached hydrogens (tertiary/aromatic N) is 2. The molecule has 2 heterocycles. The first-order valence-corrected chi connectivity index (χ1v) is 9.29. The predicted molar refractivity (Wildman–Crippen MR) is 111 cm³/mol. The maximum Gasteiger partial charge on any atom is 0.200 e. The number of hydrogen-bond donors (Lipinski definition) is 0. The second kappa shape index (κ2) is 7.43. The summed E-state index contributed by atoms with van der Waals surface area (Å²) in [6.45, 7) is 4.00. The van der Waals surface area contributed by atoms with E-state index in [4.69, 9.17) is 0 Å². The summed E-state index contributed by atoms with van der Waals surface area (Å²) in [4.78, 5) is 30.3. The van der Waals surface area contributed by atoms with Gasteiger partial charge in [0.1, 0.15) is 5.82 Å². The van der Waals surface area contributed by atoms with Crippen LogP contribution in [0.2, 0.25) is 0 Å². The molecule has 5 heteroatoms. The molecule has 4 rings (SSSR count). The molecule has 4 nitrogen and oxygen atoms in total. The van der Waals surface area contributed by atoms with E-state index in [-0.39, 0.29) is 29.0 Å². The predicted octanol–water partition coefficient (Wildman–Crippen LogP) is 4.43. The van der Waals surface area contributed by atoms with E-state index in [9.17, 15) is 14.0 Å². The zero-order chi connectivity index (χ0) is 20.5. The first-order chi connectivity index (χ1) is 14.0. The van der Waals surface area contributed by atoms with Gasteiger partial charge in [0.25, 0.3) is 0 Å². The highest BCUT2D eigenvalue weighted by atomic mass is 19.1. The Hall–Kier alpha value is -3.60. The summed E-state index contributed by atoms with van der Waals surface area (Å²) < 4.78 is 15.9. The smallest absolute Gasteiger partial charge is 0.200 e. The SMILES string of the molecule is Cc1ccc(C(=O)c2cn(Cc3ncccc3F)c3ccccc3c2=O)cc1C. The van der Waals surface area contributed by atoms with Gasteiger partial charge in [0.15, 0.2) is 5.78 Å². The Morgan fingerprint density at radius 3 is 2.59 bits per heavy atom. The number of ketones is 1. The number of rotatable bonds is 4. The number of halogens is 1. The number of benzene rings is 2. The second-order valence-electron chi connectivity index (χ2n) is 7.08. The minimum Gasteiger partial charge on any atom is -0.340 e. The zero-order valence-corrected chi connectivity index (χ0v) is 16.1. The lowest BCUT2D eigenvalue weighted by Gasteiger charge is -2.13. The lowest BCUT2D eigenvalue weighted by Crippen LogP contribution is -2.20. The van der Waals surface area contributed by atoms with Gasteiger partial charge in [-0.1, -0.05) is 24.3 Å². The van der Waals surface area contributed by atoms with Crippen molar-refractivity contribution < 1.29 is 9.18 Å². The standard InChI is InChI=1S/C24H19FN2O2/c1-15-9-10-17(12-16(15)2)23(28)19-13-27(14-21-20(25)7-5-11-26-21)22-8-4-3-6-18(22)24(19)29/h3-13H,14H2,1-2H3. The molecule has 0 N–H and O–H groups in total. The molecule has 0 saturated carbocycles. The molecule has 0 spiro atoms. The van der Waals surface area contributed by atoms with E-state index < -0.39 is 5.82 Å². The van der Waals surface area contributed by atoms with Crippen LogP contribution in [0.1, 0.15) is 32.7 Å². The third kappa shape index (κ3) is 3.47. The average molecular weight is 386 g/mol. The van der Waals surface area contributed by atoms with Crippen molar-refractivity contribution in [3.8, 4) is 0 Å². The summed E-state index contributed by atoms with van der Waals surface area (Å²) in [6, 6.07) is 15.3. The number of pyridine rings is 2. The minimum atomic E-state index is -0.433. The van der Waals surface area contributed by atoms with E-state index in [1.807, 2.05) is 19.9 Å². The van der Waals surface area contributed by atoms with Crippen LogP contribution in [0.5, 0.6) is 0 Å². The fraction of sp³-hybridized carbons (Fsp3) is 0.125. The number of aromatic nitrogens is 2. The zero-order valence-electron chi connectivity index (χ0n) is 16.1. The van der Waals surface area contributed by atoms with E-state index in [1.54, 1.807) is 41.0 Å². The Kier molecular flexibility index (Phi) is 4.80. The minimum absolute atomic E-state index is 0.0586. The van der Waals surface area contributed by atoms with Gasteiger partial charge in [-0.2, -0.15) is 0 Å². The Balaban J connectivity index is 1.90. The molecule has 4 aromatic rings. The van der Waals surface area contributed by atoms with Crippen LogP contribution in [0.25, 0.3) is 10.9 Å². The van der Waals surface area contributed by atoms with E-state index in [1.165, 1.54) is 24.5 Å². The molecule has 29 heavy (non-hydrogen) atoms. The number of carbonyl (C=O) groups excluding carboxylic acids is 1. The molecule has 0 aliphatic rings. The summed E-state index contributed by atoms with van der Waals surface area (Å²) >= 11 is 0. The molecule has 2 aromatic carbocycles. The maximum atomic E-state index is 14.2. The summed E-state index contributed by atoms with van der Waals surface area (Å²) in [5.41, 5.74) is 3.10. The highest BCUT2D eigenvalue weighted by molar-refractivity contribution is 6.10. The Labute approximate surface area is 167 Å². The van der Waals surface area contributed by atoms with Crippen molar-refractivity contribution in [1.29, 1.82) is 0 Å². The normalized spacial score (nSPS) is 11.0. The highest BCUT2D eigenvalue weighted by Crippen LogP contribution is 2.18. The summed E-state index contributed by atoms with van der Waals surface area (Å²) in [5, 5.41) is 0.415. The Morgan fingerprint density at radius 1 is 1.03 bits per heavy atom. The maximum absolute atomic E-state index is 14.2. The van der Waals surface area contributed by atoms with Crippen molar-refractivity contribution in [3.05, 3.63) is 111 Å². The first kappa shape index (κ1) is 18.7. The Morgan fingerprint density at radius 2 is 1.83 bits per heavy atom. The molecule has 0 unspecified atom stereocenters. The molecular formula is C24H19FN2O2. The molecule has 144 valence electrons. The number of aryl methyl sites for hydroxylation is 2. The van der Waals surface area contributed by atoms with Gasteiger partial charge in [-0.15, -0.1) is 0 Å². The van der Waals surface area contributed by atoms with Crippen molar-refractivity contribution in [2.45, 2.75) is 20.4 Å². The van der Waals surface area contributed by atoms with E-state index in [0.717, 1.165) is 11.1 Å². The summed E-state index contributed by atoms with van der Waals surface area (Å²) in [5.74, 6) is -0.781. The van der Waals surface area contributed by atoms with Crippen LogP contribution in [0.3, 0.4) is 0 Å². The molecule has 0 atom stereocenters. The van der Waals surface area contributed by atoms with Crippen molar-refractivity contribution in [2.24, 2.45) is 0 Å². The number of fused-ring (bicyclic) bond motifs is 1. The molecular weight excluding hydrogens is 367 g/mol. The van der Waals surface area contributed by atoms with Crippen LogP contribution >= 0.6 is 0 Å². The molecule has 0 aliphatic carbocycles. The molecule has 0 radical (unpaired) electrons. The van der Waals surface area contributed by atoms with Gasteiger partial charge in [0.2, 0.25) is 5.43 Å². The van der Waals surface area contributed by atoms with Crippen LogP contribution in [-0.2, 0) is 6.54 Å². The largest absolute Gasteiger partial charge is 0.340 e. The molecule has 0 fully saturated rings. The van der Waals surface area contributed by atoms with Crippen LogP contribution < -0.4 is 5.43 Å². The van der Waals surface area contributed by atoms with Crippen molar-refractivity contribution in [1.82, 2.24) is 9.55 Å². The van der Waals surface area contributed by atoms with Gasteiger partial charge in [-0.25, -0.2) is 4.39 Å². The van der Waals surface area contributed by atoms with Crippen LogP contribution in [0, 0.1) is 19.7 Å². The second-order valence-corrected chi connectivity index (χ2v) is 7.08. The van der Waals surface area contributed by atoms with Crippen LogP contribution in [0.15, 0.2) is 71.8 Å². The molecule has 0 aliphatic heterocycles. The van der Waals surface area contributed by atoms with Crippen LogP contribution in [0.4, 0.5) is 4.39 Å². The van der Waals surface area contributed by atoms with E-state index in [2.05, 4.69) is 4.98 Å². The quantitative estimate of drug-likeness (QED) is 0.488. The summed E-state index contributed by atoms with van der Waals surface area (Å²) in [6.07, 6.45) is 3.03. The van der Waals surface area contributed by atoms with Gasteiger partial charge in [-0.3, -0.25) is 14.6 Å².